The molecule has 0 amide bonds. The minimum absolute atomic E-state index is 0.944. The second kappa shape index (κ2) is 5.41. The Kier molecular flexibility index (Phi) is 3.68. The van der Waals surface area contributed by atoms with E-state index in [2.05, 4.69) is 28.7 Å². The summed E-state index contributed by atoms with van der Waals surface area (Å²) in [7, 11) is 0. The molecule has 0 radical (unpaired) electrons. The van der Waals surface area contributed by atoms with Crippen molar-refractivity contribution < 1.29 is 0 Å². The molecule has 0 bridgehead atoms. The Morgan fingerprint density at radius 3 is 2.78 bits per heavy atom. The van der Waals surface area contributed by atoms with Crippen LogP contribution >= 0.6 is 0 Å². The number of rotatable bonds is 3. The van der Waals surface area contributed by atoms with Crippen LogP contribution in [0.5, 0.6) is 0 Å². The molecule has 2 heterocycles. The van der Waals surface area contributed by atoms with E-state index < -0.39 is 0 Å². The second-order valence-electron chi connectivity index (χ2n) is 4.04. The van der Waals surface area contributed by atoms with Crippen LogP contribution in [0.25, 0.3) is 23.4 Å². The first-order chi connectivity index (χ1) is 8.76. The van der Waals surface area contributed by atoms with Gasteiger partial charge in [0.1, 0.15) is 0 Å². The zero-order valence-electron chi connectivity index (χ0n) is 10.7. The highest BCUT2D eigenvalue weighted by Gasteiger charge is 2.06. The first-order valence-electron chi connectivity index (χ1n) is 5.93. The van der Waals surface area contributed by atoms with Crippen molar-refractivity contribution in [2.45, 2.75) is 13.8 Å². The molecule has 2 rings (SSSR count). The zero-order valence-corrected chi connectivity index (χ0v) is 10.7. The van der Waals surface area contributed by atoms with Crippen molar-refractivity contribution in [3.8, 4) is 11.3 Å². The molecule has 2 heteroatoms. The fourth-order valence-electron chi connectivity index (χ4n) is 1.95. The lowest BCUT2D eigenvalue weighted by Gasteiger charge is -2.09. The summed E-state index contributed by atoms with van der Waals surface area (Å²) in [4.78, 5) is 8.74. The van der Waals surface area contributed by atoms with E-state index in [1.165, 1.54) is 0 Å². The summed E-state index contributed by atoms with van der Waals surface area (Å²) in [5, 5.41) is 0. The van der Waals surface area contributed by atoms with Gasteiger partial charge in [0.15, 0.2) is 0 Å². The van der Waals surface area contributed by atoms with Gasteiger partial charge in [-0.25, -0.2) is 0 Å². The van der Waals surface area contributed by atoms with E-state index in [1.54, 1.807) is 6.20 Å². The summed E-state index contributed by atoms with van der Waals surface area (Å²) < 4.78 is 0. The van der Waals surface area contributed by atoms with E-state index in [9.17, 15) is 0 Å². The number of aryl methyl sites for hydroxylation is 1. The van der Waals surface area contributed by atoms with Crippen molar-refractivity contribution in [1.29, 1.82) is 0 Å². The molecule has 0 N–H and O–H groups in total. The van der Waals surface area contributed by atoms with E-state index in [4.69, 9.17) is 0 Å². The number of aromatic nitrogens is 2. The Labute approximate surface area is 108 Å². The maximum Gasteiger partial charge on any atom is 0.0727 e. The zero-order chi connectivity index (χ0) is 13.0. The van der Waals surface area contributed by atoms with Crippen LogP contribution in [0.15, 0.2) is 43.2 Å². The van der Waals surface area contributed by atoms with Gasteiger partial charge in [0, 0.05) is 29.2 Å². The Balaban J connectivity index is 2.61. The molecule has 0 spiro atoms. The maximum absolute atomic E-state index is 4.61. The number of allylic oxidation sites excluding steroid dienone is 1. The highest BCUT2D eigenvalue weighted by molar-refractivity contribution is 5.71. The molecule has 0 atom stereocenters. The lowest BCUT2D eigenvalue weighted by atomic mass is 10.0. The van der Waals surface area contributed by atoms with E-state index in [0.29, 0.717) is 0 Å². The lowest BCUT2D eigenvalue weighted by Crippen LogP contribution is -1.94. The molecule has 2 nitrogen and oxygen atoms in total. The highest BCUT2D eigenvalue weighted by Crippen LogP contribution is 2.23. The van der Waals surface area contributed by atoms with Gasteiger partial charge >= 0.3 is 0 Å². The number of hydrogen-bond acceptors (Lipinski definition) is 2. The third kappa shape index (κ3) is 2.38. The third-order valence-corrected chi connectivity index (χ3v) is 2.79. The van der Waals surface area contributed by atoms with Gasteiger partial charge in [0.25, 0.3) is 0 Å². The third-order valence-electron chi connectivity index (χ3n) is 2.79. The summed E-state index contributed by atoms with van der Waals surface area (Å²) >= 11 is 0. The Hall–Kier alpha value is -2.22. The van der Waals surface area contributed by atoms with Gasteiger partial charge in [-0.2, -0.15) is 0 Å². The van der Waals surface area contributed by atoms with Crippen LogP contribution < -0.4 is 0 Å². The van der Waals surface area contributed by atoms with E-state index in [0.717, 1.165) is 28.1 Å². The Bertz CT molecular complexity index is 584. The number of hydrogen-bond donors (Lipinski definition) is 0. The van der Waals surface area contributed by atoms with Crippen LogP contribution in [0.2, 0.25) is 0 Å². The van der Waals surface area contributed by atoms with Gasteiger partial charge in [-0.05, 0) is 37.6 Å². The van der Waals surface area contributed by atoms with Crippen LogP contribution in [0.1, 0.15) is 23.7 Å². The predicted molar refractivity (Wildman–Crippen MR) is 77.0 cm³/mol. The quantitative estimate of drug-likeness (QED) is 0.800. The summed E-state index contributed by atoms with van der Waals surface area (Å²) in [5.74, 6) is 0. The van der Waals surface area contributed by atoms with Gasteiger partial charge in [0.2, 0.25) is 0 Å². The molecule has 0 saturated heterocycles. The summed E-state index contributed by atoms with van der Waals surface area (Å²) in [6.07, 6.45) is 9.54. The number of pyridine rings is 2. The van der Waals surface area contributed by atoms with E-state index in [1.807, 2.05) is 44.3 Å². The molecule has 2 aromatic rings. The molecular weight excluding hydrogens is 220 g/mol. The van der Waals surface area contributed by atoms with Crippen molar-refractivity contribution in [1.82, 2.24) is 9.97 Å². The average Bonchev–Trinajstić information content (AvgIpc) is 2.40. The van der Waals surface area contributed by atoms with Crippen molar-refractivity contribution in [3.63, 3.8) is 0 Å². The number of nitrogens with zero attached hydrogens (tertiary/aromatic N) is 2. The molecule has 18 heavy (non-hydrogen) atoms. The Morgan fingerprint density at radius 2 is 2.17 bits per heavy atom. The maximum atomic E-state index is 4.61. The highest BCUT2D eigenvalue weighted by atomic mass is 14.7. The van der Waals surface area contributed by atoms with Gasteiger partial charge in [-0.15, -0.1) is 0 Å². The van der Waals surface area contributed by atoms with Crippen LogP contribution in [-0.2, 0) is 0 Å². The SMILES string of the molecule is C=Cc1c(/C=C\C)cc(-c2cccnc2)nc1C. The van der Waals surface area contributed by atoms with E-state index >= 15 is 0 Å². The summed E-state index contributed by atoms with van der Waals surface area (Å²) in [5.41, 5.74) is 5.18. The predicted octanol–water partition coefficient (Wildman–Crippen LogP) is 4.13. The van der Waals surface area contributed by atoms with Crippen molar-refractivity contribution in [3.05, 3.63) is 60.1 Å². The van der Waals surface area contributed by atoms with Crippen molar-refractivity contribution >= 4 is 12.2 Å². The van der Waals surface area contributed by atoms with Gasteiger partial charge in [-0.3, -0.25) is 9.97 Å². The molecule has 0 aromatic carbocycles. The van der Waals surface area contributed by atoms with Gasteiger partial charge in [-0.1, -0.05) is 24.8 Å². The topological polar surface area (TPSA) is 25.8 Å². The minimum atomic E-state index is 0.944. The summed E-state index contributed by atoms with van der Waals surface area (Å²) in [6.45, 7) is 7.86. The summed E-state index contributed by atoms with van der Waals surface area (Å²) in [6, 6.07) is 6.01. The average molecular weight is 236 g/mol. The fourth-order valence-corrected chi connectivity index (χ4v) is 1.95. The molecule has 0 saturated carbocycles. The van der Waals surface area contributed by atoms with Crippen molar-refractivity contribution in [2.24, 2.45) is 0 Å². The van der Waals surface area contributed by atoms with Crippen LogP contribution in [0, 0.1) is 6.92 Å². The van der Waals surface area contributed by atoms with Crippen LogP contribution in [0.4, 0.5) is 0 Å². The molecule has 0 unspecified atom stereocenters. The monoisotopic (exact) mass is 236 g/mol. The molecular formula is C16H16N2. The van der Waals surface area contributed by atoms with Crippen LogP contribution in [-0.4, -0.2) is 9.97 Å². The van der Waals surface area contributed by atoms with Gasteiger partial charge < -0.3 is 0 Å². The van der Waals surface area contributed by atoms with Crippen LogP contribution in [0.3, 0.4) is 0 Å². The lowest BCUT2D eigenvalue weighted by molar-refractivity contribution is 1.18. The molecule has 2 aromatic heterocycles. The smallest absolute Gasteiger partial charge is 0.0727 e. The van der Waals surface area contributed by atoms with Gasteiger partial charge in [0.05, 0.1) is 5.69 Å². The Morgan fingerprint density at radius 1 is 1.33 bits per heavy atom. The minimum Gasteiger partial charge on any atom is -0.264 e. The largest absolute Gasteiger partial charge is 0.264 e. The fraction of sp³-hybridized carbons (Fsp3) is 0.125. The molecule has 90 valence electrons. The second-order valence-corrected chi connectivity index (χ2v) is 4.04. The first kappa shape index (κ1) is 12.2. The standard InChI is InChI=1S/C16H16N2/c1-4-7-13-10-16(14-8-6-9-17-11-14)18-12(3)15(13)5-2/h4-11H,2H2,1,3H3/b7-4-. The molecule has 0 aliphatic heterocycles. The van der Waals surface area contributed by atoms with Crippen molar-refractivity contribution in [2.75, 3.05) is 0 Å². The normalized spacial score (nSPS) is 10.8. The molecule has 0 aliphatic carbocycles. The van der Waals surface area contributed by atoms with E-state index in [-0.39, 0.29) is 0 Å². The molecule has 0 fully saturated rings. The molecule has 0 aliphatic rings. The first-order valence-corrected chi connectivity index (χ1v) is 5.93.